The van der Waals surface area contributed by atoms with E-state index in [4.69, 9.17) is 4.74 Å². The van der Waals surface area contributed by atoms with Crippen molar-refractivity contribution in [2.75, 3.05) is 18.1 Å². The van der Waals surface area contributed by atoms with Crippen molar-refractivity contribution >= 4 is 27.9 Å². The van der Waals surface area contributed by atoms with E-state index in [-0.39, 0.29) is 16.9 Å². The topological polar surface area (TPSA) is 121 Å². The lowest BCUT2D eigenvalue weighted by molar-refractivity contribution is 0.396. The highest BCUT2D eigenvalue weighted by molar-refractivity contribution is 7.92. The molecule has 34 heavy (non-hydrogen) atoms. The smallest absolute Gasteiger partial charge is 0.262 e. The molecule has 0 saturated carbocycles. The number of sulfonamides is 1. The van der Waals surface area contributed by atoms with Gasteiger partial charge in [-0.3, -0.25) is 9.52 Å². The molecule has 0 bridgehead atoms. The quantitative estimate of drug-likeness (QED) is 0.450. The summed E-state index contributed by atoms with van der Waals surface area (Å²) in [6.45, 7) is 7.71. The van der Waals surface area contributed by atoms with Crippen LogP contribution in [0.1, 0.15) is 43.3 Å². The zero-order valence-electron chi connectivity index (χ0n) is 20.1. The Morgan fingerprint density at radius 2 is 1.76 bits per heavy atom. The van der Waals surface area contributed by atoms with E-state index >= 15 is 0 Å². The van der Waals surface area contributed by atoms with Crippen molar-refractivity contribution in [2.24, 2.45) is 0 Å². The Morgan fingerprint density at radius 1 is 1.12 bits per heavy atom. The number of nitrogens with one attached hydrogen (secondary N) is 2. The zero-order chi connectivity index (χ0) is 25.3. The van der Waals surface area contributed by atoms with Gasteiger partial charge in [0.05, 0.1) is 13.4 Å². The molecule has 0 atom stereocenters. The van der Waals surface area contributed by atoms with E-state index in [9.17, 15) is 18.3 Å². The normalized spacial score (nSPS) is 12.2. The summed E-state index contributed by atoms with van der Waals surface area (Å²) in [5, 5.41) is 10.4. The van der Waals surface area contributed by atoms with Gasteiger partial charge in [0.25, 0.3) is 5.56 Å². The van der Waals surface area contributed by atoms with Crippen molar-refractivity contribution in [3.05, 3.63) is 69.3 Å². The summed E-state index contributed by atoms with van der Waals surface area (Å²) in [5.41, 5.74) is 2.73. The van der Waals surface area contributed by atoms with Crippen LogP contribution in [0.25, 0.3) is 23.3 Å². The predicted octanol–water partition coefficient (Wildman–Crippen LogP) is 4.30. The molecule has 0 spiro atoms. The number of aromatic nitrogens is 2. The molecule has 2 aromatic carbocycles. The number of ether oxygens (including phenoxy) is 1. The van der Waals surface area contributed by atoms with E-state index in [1.165, 1.54) is 0 Å². The number of anilines is 1. The molecule has 0 saturated heterocycles. The Balaban J connectivity index is 2.13. The minimum absolute atomic E-state index is 0.0876. The van der Waals surface area contributed by atoms with Crippen LogP contribution >= 0.6 is 0 Å². The summed E-state index contributed by atoms with van der Waals surface area (Å²) in [5.74, 6) is 0.638. The molecule has 0 aliphatic carbocycles. The van der Waals surface area contributed by atoms with Gasteiger partial charge in [0.15, 0.2) is 0 Å². The first kappa shape index (κ1) is 25.0. The molecule has 3 aromatic rings. The van der Waals surface area contributed by atoms with Crippen molar-refractivity contribution in [3.8, 4) is 22.8 Å². The number of aromatic amines is 1. The second-order valence-electron chi connectivity index (χ2n) is 9.08. The van der Waals surface area contributed by atoms with Crippen molar-refractivity contribution in [1.82, 2.24) is 9.97 Å². The van der Waals surface area contributed by atoms with Gasteiger partial charge in [0.2, 0.25) is 15.9 Å². The molecule has 8 nitrogen and oxygen atoms in total. The first-order valence-corrected chi connectivity index (χ1v) is 12.5. The van der Waals surface area contributed by atoms with E-state index < -0.39 is 15.6 Å². The van der Waals surface area contributed by atoms with Gasteiger partial charge >= 0.3 is 0 Å². The van der Waals surface area contributed by atoms with E-state index in [1.54, 1.807) is 44.4 Å². The molecule has 1 aromatic heterocycles. The van der Waals surface area contributed by atoms with Gasteiger partial charge in [-0.15, -0.1) is 0 Å². The summed E-state index contributed by atoms with van der Waals surface area (Å²) in [6, 6.07) is 10.5. The molecule has 3 N–H and O–H groups in total. The van der Waals surface area contributed by atoms with Crippen LogP contribution in [0.15, 0.2) is 41.2 Å². The minimum Gasteiger partial charge on any atom is -0.496 e. The van der Waals surface area contributed by atoms with E-state index in [0.29, 0.717) is 28.4 Å². The average molecular weight is 484 g/mol. The highest BCUT2D eigenvalue weighted by Crippen LogP contribution is 2.39. The van der Waals surface area contributed by atoms with Gasteiger partial charge < -0.3 is 14.8 Å². The SMILES string of the molecule is COc1c(/C=C/c2ccc(NS(C)(=O)=O)cc2)cc(-c2c(O)nc(C)[nH]c2=O)cc1C(C)(C)C. The highest BCUT2D eigenvalue weighted by atomic mass is 32.2. The summed E-state index contributed by atoms with van der Waals surface area (Å²) in [6.07, 6.45) is 4.80. The van der Waals surface area contributed by atoms with Crippen molar-refractivity contribution < 1.29 is 18.3 Å². The molecule has 0 aliphatic rings. The average Bonchev–Trinajstić information content (AvgIpc) is 2.70. The van der Waals surface area contributed by atoms with Gasteiger partial charge in [-0.2, -0.15) is 0 Å². The Labute approximate surface area is 199 Å². The molecule has 1 heterocycles. The molecule has 0 amide bonds. The lowest BCUT2D eigenvalue weighted by Crippen LogP contribution is -2.16. The van der Waals surface area contributed by atoms with E-state index in [0.717, 1.165) is 17.4 Å². The molecular formula is C25H29N3O5S. The fraction of sp³-hybridized carbons (Fsp3) is 0.280. The van der Waals surface area contributed by atoms with Crippen LogP contribution in [0.3, 0.4) is 0 Å². The summed E-state index contributed by atoms with van der Waals surface area (Å²) < 4.78 is 31.0. The zero-order valence-corrected chi connectivity index (χ0v) is 20.9. The summed E-state index contributed by atoms with van der Waals surface area (Å²) >= 11 is 0. The van der Waals surface area contributed by atoms with Crippen LogP contribution in [-0.4, -0.2) is 36.9 Å². The Hall–Kier alpha value is -3.59. The van der Waals surface area contributed by atoms with Crippen molar-refractivity contribution in [3.63, 3.8) is 0 Å². The molecule has 0 fully saturated rings. The Morgan fingerprint density at radius 3 is 2.29 bits per heavy atom. The number of hydrogen-bond donors (Lipinski definition) is 3. The first-order valence-electron chi connectivity index (χ1n) is 10.6. The minimum atomic E-state index is -3.35. The van der Waals surface area contributed by atoms with Gasteiger partial charge in [0.1, 0.15) is 17.1 Å². The van der Waals surface area contributed by atoms with Gasteiger partial charge in [-0.25, -0.2) is 13.4 Å². The third-order valence-electron chi connectivity index (χ3n) is 5.11. The molecule has 3 rings (SSSR count). The number of hydrogen-bond acceptors (Lipinski definition) is 6. The number of H-pyrrole nitrogens is 1. The lowest BCUT2D eigenvalue weighted by Gasteiger charge is -2.24. The fourth-order valence-electron chi connectivity index (χ4n) is 3.60. The van der Waals surface area contributed by atoms with Crippen LogP contribution in [0.5, 0.6) is 11.6 Å². The van der Waals surface area contributed by atoms with Gasteiger partial charge in [0, 0.05) is 16.8 Å². The number of aromatic hydroxyl groups is 1. The lowest BCUT2D eigenvalue weighted by atomic mass is 9.83. The number of nitrogens with zero attached hydrogens (tertiary/aromatic N) is 1. The van der Waals surface area contributed by atoms with E-state index in [1.807, 2.05) is 39.0 Å². The first-order chi connectivity index (χ1) is 15.8. The molecular weight excluding hydrogens is 454 g/mol. The van der Waals surface area contributed by atoms with Gasteiger partial charge in [-0.1, -0.05) is 45.1 Å². The van der Waals surface area contributed by atoms with Crippen LogP contribution < -0.4 is 15.0 Å². The Kier molecular flexibility index (Phi) is 6.88. The second-order valence-corrected chi connectivity index (χ2v) is 10.8. The number of methoxy groups -OCH3 is 1. The molecule has 0 aliphatic heterocycles. The van der Waals surface area contributed by atoms with Crippen molar-refractivity contribution in [2.45, 2.75) is 33.1 Å². The number of aryl methyl sites for hydroxylation is 1. The maximum Gasteiger partial charge on any atom is 0.262 e. The highest BCUT2D eigenvalue weighted by Gasteiger charge is 2.24. The molecule has 0 unspecified atom stereocenters. The molecule has 9 heteroatoms. The monoisotopic (exact) mass is 483 g/mol. The largest absolute Gasteiger partial charge is 0.496 e. The predicted molar refractivity (Wildman–Crippen MR) is 136 cm³/mol. The number of benzene rings is 2. The summed E-state index contributed by atoms with van der Waals surface area (Å²) in [7, 11) is -1.76. The third-order valence-corrected chi connectivity index (χ3v) is 5.71. The molecule has 0 radical (unpaired) electrons. The Bertz CT molecular complexity index is 1400. The summed E-state index contributed by atoms with van der Waals surface area (Å²) in [4.78, 5) is 19.3. The maximum atomic E-state index is 12.6. The van der Waals surface area contributed by atoms with Crippen LogP contribution in [-0.2, 0) is 15.4 Å². The van der Waals surface area contributed by atoms with E-state index in [2.05, 4.69) is 14.7 Å². The van der Waals surface area contributed by atoms with Gasteiger partial charge in [-0.05, 0) is 47.7 Å². The molecule has 180 valence electrons. The van der Waals surface area contributed by atoms with Crippen molar-refractivity contribution in [1.29, 1.82) is 0 Å². The third kappa shape index (κ3) is 5.85. The van der Waals surface area contributed by atoms with Crippen LogP contribution in [0.2, 0.25) is 0 Å². The van der Waals surface area contributed by atoms with Crippen LogP contribution in [0, 0.1) is 6.92 Å². The number of rotatable bonds is 6. The fourth-order valence-corrected chi connectivity index (χ4v) is 4.16. The maximum absolute atomic E-state index is 12.6. The van der Waals surface area contributed by atoms with Crippen LogP contribution in [0.4, 0.5) is 5.69 Å². The second kappa shape index (κ2) is 9.34. The standard InChI is InChI=1S/C25H29N3O5S/c1-15-26-23(29)21(24(30)27-15)18-13-17(22(33-5)20(14-18)25(2,3)4)10-7-16-8-11-19(12-9-16)28-34(6,31)32/h7-14,28H,1-6H3,(H2,26,27,29,30)/b10-7+.